The van der Waals surface area contributed by atoms with Gasteiger partial charge in [-0.2, -0.15) is 0 Å². The molecular weight excluding hydrogens is 581 g/mol. The minimum absolute atomic E-state index is 0.0756. The lowest BCUT2D eigenvalue weighted by Crippen LogP contribution is -2.49. The van der Waals surface area contributed by atoms with Gasteiger partial charge in [0, 0.05) is 50.0 Å². The van der Waals surface area contributed by atoms with E-state index in [4.69, 9.17) is 34.9 Å². The summed E-state index contributed by atoms with van der Waals surface area (Å²) in [6, 6.07) is 17.8. The van der Waals surface area contributed by atoms with Crippen LogP contribution in [0.5, 0.6) is 0 Å². The number of sulfonamides is 1. The molecule has 11 heteroatoms. The lowest BCUT2D eigenvalue weighted by atomic mass is 9.89. The number of amides is 1. The van der Waals surface area contributed by atoms with E-state index in [-0.39, 0.29) is 10.8 Å². The van der Waals surface area contributed by atoms with Crippen molar-refractivity contribution in [1.82, 2.24) is 4.90 Å². The summed E-state index contributed by atoms with van der Waals surface area (Å²) >= 11 is 13.1. The molecule has 2 fully saturated rings. The van der Waals surface area contributed by atoms with Crippen LogP contribution in [0.3, 0.4) is 0 Å². The van der Waals surface area contributed by atoms with Gasteiger partial charge < -0.3 is 14.7 Å². The molecule has 0 spiro atoms. The van der Waals surface area contributed by atoms with Crippen molar-refractivity contribution in [2.75, 3.05) is 49.1 Å². The zero-order chi connectivity index (χ0) is 29.1. The monoisotopic (exact) mass is 611 g/mol. The molecule has 1 amide bonds. The average Bonchev–Trinajstić information content (AvgIpc) is 2.98. The first-order valence-corrected chi connectivity index (χ1v) is 15.8. The molecule has 5 rings (SSSR count). The smallest absolute Gasteiger partial charge is 0.255 e. The zero-order valence-electron chi connectivity index (χ0n) is 22.5. The second-order valence-electron chi connectivity index (χ2n) is 10.5. The Morgan fingerprint density at radius 3 is 2.15 bits per heavy atom. The second-order valence-corrected chi connectivity index (χ2v) is 12.8. The number of nitrogens with two attached hydrogens (primary N) is 1. The molecule has 214 valence electrons. The molecule has 0 radical (unpaired) electrons. The van der Waals surface area contributed by atoms with Crippen molar-refractivity contribution >= 4 is 56.2 Å². The fourth-order valence-corrected chi connectivity index (χ4v) is 7.01. The first kappa shape index (κ1) is 29.2. The van der Waals surface area contributed by atoms with Gasteiger partial charge in [0.15, 0.2) is 0 Å². The predicted octanol–water partition coefficient (Wildman–Crippen LogP) is 5.61. The number of hydrogen-bond donors (Lipinski definition) is 1. The average molecular weight is 613 g/mol. The highest BCUT2D eigenvalue weighted by Gasteiger charge is 2.28. The standard InChI is InChI=1S/C30H31Cl2N5O3S/c1-34-26-6-2-3-7-27(26)35-12-10-21(11-13-35)18-22-19-23(25(32)20-24(22)31)30(38)37-16-14-36(15-17-37)28-8-4-5-9-29(28)41(33,39)40/h2-9,19-21H,10-18H2,(H2,33,39,40). The van der Waals surface area contributed by atoms with Crippen LogP contribution < -0.4 is 14.9 Å². The van der Waals surface area contributed by atoms with Crippen LogP contribution in [-0.2, 0) is 16.4 Å². The number of carbonyl (C=O) groups is 1. The third kappa shape index (κ3) is 6.47. The summed E-state index contributed by atoms with van der Waals surface area (Å²) in [5, 5.41) is 6.28. The van der Waals surface area contributed by atoms with E-state index in [0.29, 0.717) is 59.1 Å². The van der Waals surface area contributed by atoms with E-state index in [1.54, 1.807) is 29.2 Å². The van der Waals surface area contributed by atoms with E-state index in [0.717, 1.165) is 43.6 Å². The van der Waals surface area contributed by atoms with Gasteiger partial charge in [0.25, 0.3) is 5.91 Å². The van der Waals surface area contributed by atoms with Gasteiger partial charge in [-0.3, -0.25) is 4.79 Å². The number of hydrogen-bond acceptors (Lipinski definition) is 5. The Bertz CT molecular complexity index is 1590. The molecule has 0 aliphatic carbocycles. The molecule has 0 bridgehead atoms. The van der Waals surface area contributed by atoms with E-state index in [1.807, 2.05) is 35.2 Å². The van der Waals surface area contributed by atoms with Crippen molar-refractivity contribution in [2.24, 2.45) is 11.1 Å². The van der Waals surface area contributed by atoms with Crippen molar-refractivity contribution in [3.05, 3.63) is 93.3 Å². The minimum atomic E-state index is -3.87. The molecule has 0 unspecified atom stereocenters. The number of primary sulfonamides is 1. The highest BCUT2D eigenvalue weighted by Crippen LogP contribution is 2.35. The maximum atomic E-state index is 13.5. The number of piperidine rings is 1. The SMILES string of the molecule is [C-]#[N+]c1ccccc1N1CCC(Cc2cc(C(=O)N3CCN(c4ccccc4S(N)(=O)=O)CC3)c(Cl)cc2Cl)CC1. The highest BCUT2D eigenvalue weighted by molar-refractivity contribution is 7.89. The third-order valence-corrected chi connectivity index (χ3v) is 9.53. The predicted molar refractivity (Wildman–Crippen MR) is 164 cm³/mol. The van der Waals surface area contributed by atoms with Crippen LogP contribution >= 0.6 is 23.2 Å². The summed E-state index contributed by atoms with van der Waals surface area (Å²) < 4.78 is 24.1. The number of rotatable bonds is 6. The van der Waals surface area contributed by atoms with Crippen molar-refractivity contribution < 1.29 is 13.2 Å². The molecule has 2 N–H and O–H groups in total. The van der Waals surface area contributed by atoms with Crippen LogP contribution in [-0.4, -0.2) is 58.5 Å². The van der Waals surface area contributed by atoms with Crippen molar-refractivity contribution in [2.45, 2.75) is 24.2 Å². The molecule has 2 aliphatic rings. The van der Waals surface area contributed by atoms with Crippen LogP contribution in [0.2, 0.25) is 10.0 Å². The molecule has 2 heterocycles. The number of nitrogens with zero attached hydrogens (tertiary/aromatic N) is 4. The Kier molecular flexibility index (Phi) is 8.76. The summed E-state index contributed by atoms with van der Waals surface area (Å²) in [7, 11) is -3.87. The lowest BCUT2D eigenvalue weighted by Gasteiger charge is -2.37. The van der Waals surface area contributed by atoms with Gasteiger partial charge in [-0.15, -0.1) is 0 Å². The Labute approximate surface area is 251 Å². The summed E-state index contributed by atoms with van der Waals surface area (Å²) in [6.07, 6.45) is 2.65. The quantitative estimate of drug-likeness (QED) is 0.366. The van der Waals surface area contributed by atoms with Crippen LogP contribution in [0.1, 0.15) is 28.8 Å². The summed E-state index contributed by atoms with van der Waals surface area (Å²) in [5.74, 6) is 0.230. The lowest BCUT2D eigenvalue weighted by molar-refractivity contribution is 0.0746. The van der Waals surface area contributed by atoms with Gasteiger partial charge in [0.1, 0.15) is 4.90 Å². The topological polar surface area (TPSA) is 91.3 Å². The summed E-state index contributed by atoms with van der Waals surface area (Å²) in [4.78, 5) is 23.2. The van der Waals surface area contributed by atoms with Crippen LogP contribution in [0, 0.1) is 12.5 Å². The largest absolute Gasteiger partial charge is 0.380 e. The van der Waals surface area contributed by atoms with Crippen molar-refractivity contribution in [3.8, 4) is 0 Å². The van der Waals surface area contributed by atoms with Crippen LogP contribution in [0.4, 0.5) is 17.1 Å². The number of carbonyl (C=O) groups excluding carboxylic acids is 1. The number of piperazine rings is 1. The molecule has 41 heavy (non-hydrogen) atoms. The number of para-hydroxylation sites is 3. The van der Waals surface area contributed by atoms with Gasteiger partial charge in [-0.1, -0.05) is 53.5 Å². The highest BCUT2D eigenvalue weighted by atomic mass is 35.5. The van der Waals surface area contributed by atoms with Crippen molar-refractivity contribution in [3.63, 3.8) is 0 Å². The van der Waals surface area contributed by atoms with Gasteiger partial charge >= 0.3 is 0 Å². The van der Waals surface area contributed by atoms with E-state index >= 15 is 0 Å². The molecule has 0 saturated carbocycles. The number of halogens is 2. The Balaban J connectivity index is 1.24. The van der Waals surface area contributed by atoms with Gasteiger partial charge in [0.05, 0.1) is 22.8 Å². The summed E-state index contributed by atoms with van der Waals surface area (Å²) in [5.41, 5.74) is 3.52. The van der Waals surface area contributed by atoms with E-state index in [2.05, 4.69) is 9.74 Å². The number of benzene rings is 3. The Morgan fingerprint density at radius 2 is 1.49 bits per heavy atom. The fourth-order valence-electron chi connectivity index (χ4n) is 5.71. The molecule has 2 saturated heterocycles. The first-order chi connectivity index (χ1) is 19.7. The normalized spacial score (nSPS) is 16.5. The fraction of sp³-hybridized carbons (Fsp3) is 0.333. The van der Waals surface area contributed by atoms with E-state index in [1.165, 1.54) is 6.07 Å². The maximum Gasteiger partial charge on any atom is 0.255 e. The van der Waals surface area contributed by atoms with Crippen LogP contribution in [0.25, 0.3) is 4.85 Å². The maximum absolute atomic E-state index is 13.5. The molecule has 0 aromatic heterocycles. The van der Waals surface area contributed by atoms with Crippen molar-refractivity contribution in [1.29, 1.82) is 0 Å². The van der Waals surface area contributed by atoms with E-state index in [9.17, 15) is 13.2 Å². The molecule has 3 aromatic rings. The second kappa shape index (κ2) is 12.3. The summed E-state index contributed by atoms with van der Waals surface area (Å²) in [6.45, 7) is 10.9. The Hall–Kier alpha value is -3.29. The zero-order valence-corrected chi connectivity index (χ0v) is 24.8. The Morgan fingerprint density at radius 1 is 0.878 bits per heavy atom. The molecular formula is C30H31Cl2N5O3S. The molecule has 3 aromatic carbocycles. The van der Waals surface area contributed by atoms with Gasteiger partial charge in [-0.25, -0.2) is 18.4 Å². The molecule has 8 nitrogen and oxygen atoms in total. The third-order valence-electron chi connectivity index (χ3n) is 7.91. The van der Waals surface area contributed by atoms with E-state index < -0.39 is 10.0 Å². The first-order valence-electron chi connectivity index (χ1n) is 13.5. The van der Waals surface area contributed by atoms with Gasteiger partial charge in [0.2, 0.25) is 15.7 Å². The molecule has 0 atom stereocenters. The molecule has 2 aliphatic heterocycles. The van der Waals surface area contributed by atoms with Crippen LogP contribution in [0.15, 0.2) is 65.6 Å². The minimum Gasteiger partial charge on any atom is -0.380 e. The number of anilines is 2. The van der Waals surface area contributed by atoms with Gasteiger partial charge in [-0.05, 0) is 61.1 Å².